The molecule has 0 radical (unpaired) electrons. The van der Waals surface area contributed by atoms with E-state index in [0.717, 1.165) is 13.1 Å². The first-order chi connectivity index (χ1) is 7.65. The van der Waals surface area contributed by atoms with E-state index >= 15 is 0 Å². The Bertz CT molecular complexity index is 372. The Morgan fingerprint density at radius 2 is 2.06 bits per heavy atom. The molecule has 2 N–H and O–H groups in total. The van der Waals surface area contributed by atoms with Gasteiger partial charge in [0, 0.05) is 18.7 Å². The number of aryl methyl sites for hydroxylation is 1. The first kappa shape index (κ1) is 15.9. The van der Waals surface area contributed by atoms with Crippen LogP contribution >= 0.6 is 12.4 Å². The van der Waals surface area contributed by atoms with Gasteiger partial charge in [-0.3, -0.25) is 4.79 Å². The molecular weight excluding hydrogens is 243 g/mol. The normalized spacial score (nSPS) is 9.59. The molecule has 0 atom stereocenters. The molecule has 0 heterocycles. The first-order valence-electron chi connectivity index (χ1n) is 5.40. The van der Waals surface area contributed by atoms with Crippen LogP contribution < -0.4 is 10.6 Å². The topological polar surface area (TPSA) is 41.1 Å². The third-order valence-corrected chi connectivity index (χ3v) is 2.27. The predicted octanol–water partition coefficient (Wildman–Crippen LogP) is 1.90. The fraction of sp³-hybridized carbons (Fsp3) is 0.417. The monoisotopic (exact) mass is 260 g/mol. The molecule has 5 heteroatoms. The van der Waals surface area contributed by atoms with Crippen LogP contribution in [0.1, 0.15) is 22.8 Å². The molecule has 0 bridgehead atoms. The van der Waals surface area contributed by atoms with Crippen molar-refractivity contribution >= 4 is 18.3 Å². The second kappa shape index (κ2) is 8.03. The van der Waals surface area contributed by atoms with E-state index in [0.29, 0.717) is 17.7 Å². The summed E-state index contributed by atoms with van der Waals surface area (Å²) in [5.74, 6) is -0.475. The van der Waals surface area contributed by atoms with Crippen molar-refractivity contribution in [3.8, 4) is 0 Å². The zero-order chi connectivity index (χ0) is 12.0. The van der Waals surface area contributed by atoms with E-state index < -0.39 is 0 Å². The van der Waals surface area contributed by atoms with E-state index in [4.69, 9.17) is 0 Å². The van der Waals surface area contributed by atoms with Gasteiger partial charge in [0.05, 0.1) is 0 Å². The number of hydrogen-bond donors (Lipinski definition) is 2. The Balaban J connectivity index is 0.00000256. The Morgan fingerprint density at radius 1 is 1.35 bits per heavy atom. The van der Waals surface area contributed by atoms with Crippen molar-refractivity contribution in [2.75, 3.05) is 19.6 Å². The van der Waals surface area contributed by atoms with Gasteiger partial charge in [-0.15, -0.1) is 12.4 Å². The van der Waals surface area contributed by atoms with Crippen molar-refractivity contribution in [3.05, 3.63) is 35.1 Å². The highest BCUT2D eigenvalue weighted by Gasteiger charge is 2.08. The maximum Gasteiger partial charge on any atom is 0.251 e. The molecular formula is C12H18ClFN2O. The smallest absolute Gasteiger partial charge is 0.251 e. The van der Waals surface area contributed by atoms with E-state index in [9.17, 15) is 9.18 Å². The number of nitrogens with one attached hydrogen (secondary N) is 2. The first-order valence-corrected chi connectivity index (χ1v) is 5.40. The summed E-state index contributed by atoms with van der Waals surface area (Å²) in [4.78, 5) is 11.7. The quantitative estimate of drug-likeness (QED) is 0.794. The Morgan fingerprint density at radius 3 is 2.65 bits per heavy atom. The van der Waals surface area contributed by atoms with Gasteiger partial charge in [-0.2, -0.15) is 0 Å². The summed E-state index contributed by atoms with van der Waals surface area (Å²) >= 11 is 0. The van der Waals surface area contributed by atoms with Gasteiger partial charge in [-0.05, 0) is 37.2 Å². The fourth-order valence-electron chi connectivity index (χ4n) is 1.42. The largest absolute Gasteiger partial charge is 0.351 e. The second-order valence-corrected chi connectivity index (χ2v) is 3.57. The minimum absolute atomic E-state index is 0. The number of likely N-dealkylation sites (N-methyl/N-ethyl adjacent to an activating group) is 1. The molecule has 1 aromatic rings. The molecule has 0 aliphatic carbocycles. The molecule has 1 aromatic carbocycles. The zero-order valence-electron chi connectivity index (χ0n) is 10.0. The van der Waals surface area contributed by atoms with E-state index in [1.54, 1.807) is 6.92 Å². The van der Waals surface area contributed by atoms with Gasteiger partial charge in [-0.25, -0.2) is 4.39 Å². The lowest BCUT2D eigenvalue weighted by Gasteiger charge is -2.07. The maximum atomic E-state index is 12.8. The SMILES string of the molecule is CCNCCNC(=O)c1ccc(F)cc1C.Cl. The number of amides is 1. The van der Waals surface area contributed by atoms with Gasteiger partial charge in [0.1, 0.15) is 5.82 Å². The third kappa shape index (κ3) is 5.15. The molecule has 96 valence electrons. The van der Waals surface area contributed by atoms with Crippen molar-refractivity contribution in [2.45, 2.75) is 13.8 Å². The summed E-state index contributed by atoms with van der Waals surface area (Å²) in [5.41, 5.74) is 1.18. The minimum atomic E-state index is -0.318. The van der Waals surface area contributed by atoms with E-state index in [1.807, 2.05) is 6.92 Å². The number of halogens is 2. The molecule has 17 heavy (non-hydrogen) atoms. The van der Waals surface area contributed by atoms with Crippen molar-refractivity contribution in [1.82, 2.24) is 10.6 Å². The highest BCUT2D eigenvalue weighted by atomic mass is 35.5. The van der Waals surface area contributed by atoms with E-state index in [1.165, 1.54) is 18.2 Å². The minimum Gasteiger partial charge on any atom is -0.351 e. The maximum absolute atomic E-state index is 12.8. The molecule has 0 unspecified atom stereocenters. The van der Waals surface area contributed by atoms with E-state index in [2.05, 4.69) is 10.6 Å². The number of carbonyl (C=O) groups excluding carboxylic acids is 1. The van der Waals surface area contributed by atoms with Gasteiger partial charge in [0.25, 0.3) is 5.91 Å². The van der Waals surface area contributed by atoms with Gasteiger partial charge >= 0.3 is 0 Å². The van der Waals surface area contributed by atoms with Gasteiger partial charge < -0.3 is 10.6 Å². The molecule has 3 nitrogen and oxygen atoms in total. The summed E-state index contributed by atoms with van der Waals surface area (Å²) in [7, 11) is 0. The van der Waals surface area contributed by atoms with Crippen LogP contribution in [0, 0.1) is 12.7 Å². The summed E-state index contributed by atoms with van der Waals surface area (Å²) < 4.78 is 12.8. The highest BCUT2D eigenvalue weighted by Crippen LogP contribution is 2.09. The van der Waals surface area contributed by atoms with Crippen molar-refractivity contribution in [3.63, 3.8) is 0 Å². The van der Waals surface area contributed by atoms with Crippen LogP contribution in [0.5, 0.6) is 0 Å². The van der Waals surface area contributed by atoms with Crippen LogP contribution in [-0.4, -0.2) is 25.5 Å². The lowest BCUT2D eigenvalue weighted by atomic mass is 10.1. The van der Waals surface area contributed by atoms with E-state index in [-0.39, 0.29) is 24.1 Å². The number of hydrogen-bond acceptors (Lipinski definition) is 2. The highest BCUT2D eigenvalue weighted by molar-refractivity contribution is 5.95. The van der Waals surface area contributed by atoms with Crippen LogP contribution in [0.15, 0.2) is 18.2 Å². The number of rotatable bonds is 5. The zero-order valence-corrected chi connectivity index (χ0v) is 10.9. The van der Waals surface area contributed by atoms with Crippen LogP contribution in [0.25, 0.3) is 0 Å². The summed E-state index contributed by atoms with van der Waals surface area (Å²) in [5, 5.41) is 5.87. The molecule has 0 aromatic heterocycles. The summed E-state index contributed by atoms with van der Waals surface area (Å²) in [6, 6.07) is 4.17. The van der Waals surface area contributed by atoms with Gasteiger partial charge in [0.2, 0.25) is 0 Å². The van der Waals surface area contributed by atoms with Crippen molar-refractivity contribution < 1.29 is 9.18 Å². The lowest BCUT2D eigenvalue weighted by Crippen LogP contribution is -2.32. The predicted molar refractivity (Wildman–Crippen MR) is 69.3 cm³/mol. The summed E-state index contributed by atoms with van der Waals surface area (Å²) in [6.45, 7) is 5.92. The van der Waals surface area contributed by atoms with Gasteiger partial charge in [-0.1, -0.05) is 6.92 Å². The fourth-order valence-corrected chi connectivity index (χ4v) is 1.42. The van der Waals surface area contributed by atoms with Gasteiger partial charge in [0.15, 0.2) is 0 Å². The van der Waals surface area contributed by atoms with Crippen molar-refractivity contribution in [1.29, 1.82) is 0 Å². The van der Waals surface area contributed by atoms with Crippen molar-refractivity contribution in [2.24, 2.45) is 0 Å². The number of carbonyl (C=O) groups is 1. The molecule has 0 aliphatic heterocycles. The standard InChI is InChI=1S/C12H17FN2O.ClH/c1-3-14-6-7-15-12(16)11-5-4-10(13)8-9(11)2;/h4-5,8,14H,3,6-7H2,1-2H3,(H,15,16);1H. The Labute approximate surface area is 107 Å². The van der Waals surface area contributed by atoms with Crippen LogP contribution in [0.3, 0.4) is 0 Å². The number of benzene rings is 1. The molecule has 1 amide bonds. The van der Waals surface area contributed by atoms with Crippen LogP contribution in [0.2, 0.25) is 0 Å². The summed E-state index contributed by atoms with van der Waals surface area (Å²) in [6.07, 6.45) is 0. The Kier molecular flexibility index (Phi) is 7.50. The molecule has 0 aliphatic rings. The molecule has 1 rings (SSSR count). The Hall–Kier alpha value is -1.13. The molecule has 0 fully saturated rings. The lowest BCUT2D eigenvalue weighted by molar-refractivity contribution is 0.0953. The van der Waals surface area contributed by atoms with Crippen LogP contribution in [-0.2, 0) is 0 Å². The average molecular weight is 261 g/mol. The molecule has 0 saturated heterocycles. The van der Waals surface area contributed by atoms with Crippen LogP contribution in [0.4, 0.5) is 4.39 Å². The molecule has 0 spiro atoms. The second-order valence-electron chi connectivity index (χ2n) is 3.57. The third-order valence-electron chi connectivity index (χ3n) is 2.27. The molecule has 0 saturated carbocycles. The average Bonchev–Trinajstić information content (AvgIpc) is 2.24.